The summed E-state index contributed by atoms with van der Waals surface area (Å²) in [6.07, 6.45) is 2.29. The van der Waals surface area contributed by atoms with E-state index >= 15 is 0 Å². The number of piperidine rings is 1. The molecule has 1 amide bonds. The van der Waals surface area contributed by atoms with Crippen LogP contribution in [0.1, 0.15) is 19.3 Å². The largest absolute Gasteiger partial charge is 0.497 e. The van der Waals surface area contributed by atoms with Crippen molar-refractivity contribution in [2.24, 2.45) is 0 Å². The van der Waals surface area contributed by atoms with Gasteiger partial charge in [0, 0.05) is 48.0 Å². The highest BCUT2D eigenvalue weighted by Crippen LogP contribution is 2.32. The molecule has 0 aliphatic carbocycles. The Morgan fingerprint density at radius 2 is 2.00 bits per heavy atom. The molecule has 1 saturated heterocycles. The first-order valence-electron chi connectivity index (χ1n) is 9.88. The van der Waals surface area contributed by atoms with Gasteiger partial charge in [-0.25, -0.2) is 4.98 Å². The zero-order valence-electron chi connectivity index (χ0n) is 16.7. The zero-order valence-corrected chi connectivity index (χ0v) is 19.1. The minimum Gasteiger partial charge on any atom is -0.497 e. The SMILES string of the molecule is COc1ccc2nc(OC3CCN(C(=O)CCSc4ccc(Cl)cc4)CC3)sc2c1. The molecular formula is C22H23ClN2O3S2. The van der Waals surface area contributed by atoms with Crippen molar-refractivity contribution in [3.05, 3.63) is 47.5 Å². The van der Waals surface area contributed by atoms with Gasteiger partial charge in [-0.2, -0.15) is 0 Å². The number of fused-ring (bicyclic) bond motifs is 1. The van der Waals surface area contributed by atoms with Crippen molar-refractivity contribution in [1.82, 2.24) is 9.88 Å². The molecule has 2 heterocycles. The van der Waals surface area contributed by atoms with Crippen molar-refractivity contribution in [3.8, 4) is 10.9 Å². The molecule has 30 heavy (non-hydrogen) atoms. The van der Waals surface area contributed by atoms with Crippen LogP contribution in [-0.2, 0) is 4.79 Å². The van der Waals surface area contributed by atoms with E-state index in [-0.39, 0.29) is 12.0 Å². The van der Waals surface area contributed by atoms with E-state index in [0.29, 0.717) is 11.6 Å². The van der Waals surface area contributed by atoms with Gasteiger partial charge >= 0.3 is 0 Å². The number of thioether (sulfide) groups is 1. The molecule has 0 spiro atoms. The summed E-state index contributed by atoms with van der Waals surface area (Å²) in [4.78, 5) is 20.2. The van der Waals surface area contributed by atoms with Crippen LogP contribution in [-0.4, -0.2) is 47.8 Å². The number of hydrogen-bond acceptors (Lipinski definition) is 6. The molecule has 0 radical (unpaired) electrons. The third kappa shape index (κ3) is 5.39. The monoisotopic (exact) mass is 462 g/mol. The molecule has 1 aromatic heterocycles. The van der Waals surface area contributed by atoms with Gasteiger partial charge in [-0.3, -0.25) is 4.79 Å². The quantitative estimate of drug-likeness (QED) is 0.433. The van der Waals surface area contributed by atoms with Crippen molar-refractivity contribution >= 4 is 50.8 Å². The van der Waals surface area contributed by atoms with Gasteiger partial charge in [0.2, 0.25) is 5.91 Å². The number of rotatable bonds is 7. The molecule has 4 rings (SSSR count). The standard InChI is InChI=1S/C22H23ClN2O3S2/c1-27-17-4-7-19-20(14-17)30-22(24-19)28-16-8-11-25(12-9-16)21(26)10-13-29-18-5-2-15(23)3-6-18/h2-7,14,16H,8-13H2,1H3. The third-order valence-electron chi connectivity index (χ3n) is 5.04. The molecule has 1 aliphatic heterocycles. The van der Waals surface area contributed by atoms with Crippen LogP contribution < -0.4 is 9.47 Å². The number of likely N-dealkylation sites (tertiary alicyclic amines) is 1. The second-order valence-corrected chi connectivity index (χ2v) is 9.66. The Labute approximate surface area is 189 Å². The minimum atomic E-state index is 0.0972. The van der Waals surface area contributed by atoms with Crippen LogP contribution in [0.5, 0.6) is 10.9 Å². The highest BCUT2D eigenvalue weighted by molar-refractivity contribution is 7.99. The number of amides is 1. The lowest BCUT2D eigenvalue weighted by atomic mass is 10.1. The molecule has 5 nitrogen and oxygen atoms in total. The number of aromatic nitrogens is 1. The number of hydrogen-bond donors (Lipinski definition) is 0. The van der Waals surface area contributed by atoms with Crippen LogP contribution in [0, 0.1) is 0 Å². The van der Waals surface area contributed by atoms with Crippen LogP contribution in [0.3, 0.4) is 0 Å². The van der Waals surface area contributed by atoms with Gasteiger partial charge < -0.3 is 14.4 Å². The maximum Gasteiger partial charge on any atom is 0.274 e. The topological polar surface area (TPSA) is 51.7 Å². The molecule has 2 aromatic carbocycles. The molecule has 0 bridgehead atoms. The molecule has 158 valence electrons. The lowest BCUT2D eigenvalue weighted by Gasteiger charge is -2.31. The smallest absolute Gasteiger partial charge is 0.274 e. The third-order valence-corrected chi connectivity index (χ3v) is 7.21. The predicted molar refractivity (Wildman–Crippen MR) is 123 cm³/mol. The number of carbonyl (C=O) groups is 1. The van der Waals surface area contributed by atoms with Gasteiger partial charge in [-0.1, -0.05) is 22.9 Å². The second-order valence-electron chi connectivity index (χ2n) is 7.06. The number of nitrogens with zero attached hydrogens (tertiary/aromatic N) is 2. The average molecular weight is 463 g/mol. The Hall–Kier alpha value is -1.96. The highest BCUT2D eigenvalue weighted by Gasteiger charge is 2.24. The van der Waals surface area contributed by atoms with Gasteiger partial charge in [0.1, 0.15) is 11.9 Å². The van der Waals surface area contributed by atoms with Gasteiger partial charge in [-0.05, 0) is 42.5 Å². The van der Waals surface area contributed by atoms with Gasteiger partial charge in [0.15, 0.2) is 0 Å². The highest BCUT2D eigenvalue weighted by atomic mass is 35.5. The van der Waals surface area contributed by atoms with E-state index in [2.05, 4.69) is 4.98 Å². The van der Waals surface area contributed by atoms with E-state index in [1.165, 1.54) is 11.3 Å². The van der Waals surface area contributed by atoms with E-state index in [1.54, 1.807) is 18.9 Å². The molecule has 0 saturated carbocycles. The Morgan fingerprint density at radius 3 is 2.73 bits per heavy atom. The van der Waals surface area contributed by atoms with Crippen LogP contribution in [0.2, 0.25) is 5.02 Å². The summed E-state index contributed by atoms with van der Waals surface area (Å²) in [6, 6.07) is 13.5. The predicted octanol–water partition coefficient (Wildman–Crippen LogP) is 5.51. The summed E-state index contributed by atoms with van der Waals surface area (Å²) in [5.41, 5.74) is 0.918. The second kappa shape index (κ2) is 9.90. The first-order valence-corrected chi connectivity index (χ1v) is 12.1. The Balaban J connectivity index is 1.22. The van der Waals surface area contributed by atoms with Crippen LogP contribution in [0.15, 0.2) is 47.4 Å². The van der Waals surface area contributed by atoms with Crippen molar-refractivity contribution in [1.29, 1.82) is 0 Å². The normalized spacial score (nSPS) is 14.8. The number of methoxy groups -OCH3 is 1. The van der Waals surface area contributed by atoms with Gasteiger partial charge in [-0.15, -0.1) is 11.8 Å². The molecule has 3 aromatic rings. The average Bonchev–Trinajstić information content (AvgIpc) is 3.17. The number of benzene rings is 2. The van der Waals surface area contributed by atoms with E-state index < -0.39 is 0 Å². The lowest BCUT2D eigenvalue weighted by Crippen LogP contribution is -2.41. The molecule has 0 atom stereocenters. The molecule has 0 N–H and O–H groups in total. The first-order chi connectivity index (χ1) is 14.6. The number of halogens is 1. The summed E-state index contributed by atoms with van der Waals surface area (Å²) < 4.78 is 12.4. The van der Waals surface area contributed by atoms with Crippen LogP contribution in [0.4, 0.5) is 0 Å². The molecule has 1 fully saturated rings. The van der Waals surface area contributed by atoms with Crippen LogP contribution in [0.25, 0.3) is 10.2 Å². The fourth-order valence-electron chi connectivity index (χ4n) is 3.37. The van der Waals surface area contributed by atoms with Crippen LogP contribution >= 0.6 is 34.7 Å². The Bertz CT molecular complexity index is 1000. The summed E-state index contributed by atoms with van der Waals surface area (Å²) >= 11 is 9.12. The van der Waals surface area contributed by atoms with E-state index in [1.807, 2.05) is 47.4 Å². The lowest BCUT2D eigenvalue weighted by molar-refractivity contribution is -0.132. The van der Waals surface area contributed by atoms with E-state index in [4.69, 9.17) is 21.1 Å². The van der Waals surface area contributed by atoms with Crippen molar-refractivity contribution in [2.45, 2.75) is 30.3 Å². The minimum absolute atomic E-state index is 0.0972. The molecule has 1 aliphatic rings. The molecular weight excluding hydrogens is 440 g/mol. The Kier molecular flexibility index (Phi) is 7.02. The fourth-order valence-corrected chi connectivity index (χ4v) is 5.25. The van der Waals surface area contributed by atoms with Crippen molar-refractivity contribution in [2.75, 3.05) is 26.0 Å². The summed E-state index contributed by atoms with van der Waals surface area (Å²) in [5, 5.41) is 1.41. The van der Waals surface area contributed by atoms with E-state index in [9.17, 15) is 4.79 Å². The molecule has 8 heteroatoms. The fraction of sp³-hybridized carbons (Fsp3) is 0.364. The van der Waals surface area contributed by atoms with Crippen molar-refractivity contribution < 1.29 is 14.3 Å². The molecule has 0 unspecified atom stereocenters. The number of ether oxygens (including phenoxy) is 2. The van der Waals surface area contributed by atoms with Gasteiger partial charge in [0.05, 0.1) is 17.3 Å². The number of thiazole rings is 1. The van der Waals surface area contributed by atoms with Crippen molar-refractivity contribution in [3.63, 3.8) is 0 Å². The summed E-state index contributed by atoms with van der Waals surface area (Å²) in [5.74, 6) is 1.80. The maximum absolute atomic E-state index is 12.5. The number of carbonyl (C=O) groups excluding carboxylic acids is 1. The summed E-state index contributed by atoms with van der Waals surface area (Å²) in [6.45, 7) is 1.46. The zero-order chi connectivity index (χ0) is 20.9. The first kappa shape index (κ1) is 21.3. The summed E-state index contributed by atoms with van der Waals surface area (Å²) in [7, 11) is 1.66. The Morgan fingerprint density at radius 1 is 1.23 bits per heavy atom. The maximum atomic E-state index is 12.5. The van der Waals surface area contributed by atoms with E-state index in [0.717, 1.165) is 57.6 Å². The van der Waals surface area contributed by atoms with Gasteiger partial charge in [0.25, 0.3) is 5.19 Å².